The maximum atomic E-state index is 12.9. The first-order chi connectivity index (χ1) is 14.6. The summed E-state index contributed by atoms with van der Waals surface area (Å²) in [6.07, 6.45) is 3.42. The van der Waals surface area contributed by atoms with Crippen molar-refractivity contribution in [2.24, 2.45) is 0 Å². The lowest BCUT2D eigenvalue weighted by molar-refractivity contribution is -0.134. The number of nitrogens with zero attached hydrogens (tertiary/aromatic N) is 3. The van der Waals surface area contributed by atoms with E-state index < -0.39 is 0 Å². The summed E-state index contributed by atoms with van der Waals surface area (Å²) in [5.41, 5.74) is 3.93. The van der Waals surface area contributed by atoms with Crippen molar-refractivity contribution in [1.29, 1.82) is 0 Å². The molecule has 2 amide bonds. The van der Waals surface area contributed by atoms with Gasteiger partial charge in [-0.2, -0.15) is 5.10 Å². The lowest BCUT2D eigenvalue weighted by Gasteiger charge is -2.22. The third-order valence-corrected chi connectivity index (χ3v) is 5.35. The van der Waals surface area contributed by atoms with Crippen LogP contribution in [-0.2, 0) is 15.0 Å². The van der Waals surface area contributed by atoms with Crippen molar-refractivity contribution < 1.29 is 9.59 Å². The summed E-state index contributed by atoms with van der Waals surface area (Å²) in [5.74, 6) is 0.425. The van der Waals surface area contributed by atoms with Gasteiger partial charge in [0.05, 0.1) is 17.9 Å². The monoisotopic (exact) mass is 426 g/mol. The molecule has 1 aromatic heterocycles. The first kappa shape index (κ1) is 24.6. The Morgan fingerprint density at radius 3 is 2.39 bits per heavy atom. The van der Waals surface area contributed by atoms with Crippen LogP contribution in [0.2, 0.25) is 0 Å². The van der Waals surface area contributed by atoms with E-state index in [2.05, 4.69) is 46.0 Å². The number of amides is 2. The highest BCUT2D eigenvalue weighted by Gasteiger charge is 2.23. The molecule has 1 N–H and O–H groups in total. The molecule has 0 saturated heterocycles. The molecule has 0 radical (unpaired) electrons. The van der Waals surface area contributed by atoms with Crippen molar-refractivity contribution in [1.82, 2.24) is 14.7 Å². The van der Waals surface area contributed by atoms with E-state index in [0.29, 0.717) is 18.8 Å². The summed E-state index contributed by atoms with van der Waals surface area (Å²) < 4.78 is 1.80. The van der Waals surface area contributed by atoms with E-state index >= 15 is 0 Å². The molecular formula is C25H38N4O2. The average Bonchev–Trinajstić information content (AvgIpc) is 3.10. The molecule has 0 bridgehead atoms. The SMILES string of the molecule is CCCCCN(CC(=O)Nc1cc(C(C)(C)C)nn1-c1ccc(C)cc1C)C(=O)CC. The van der Waals surface area contributed by atoms with Crippen molar-refractivity contribution in [2.75, 3.05) is 18.4 Å². The number of nitrogens with one attached hydrogen (secondary N) is 1. The van der Waals surface area contributed by atoms with Crippen LogP contribution in [-0.4, -0.2) is 39.6 Å². The maximum Gasteiger partial charge on any atom is 0.245 e. The van der Waals surface area contributed by atoms with Crippen molar-refractivity contribution in [3.63, 3.8) is 0 Å². The smallest absolute Gasteiger partial charge is 0.245 e. The summed E-state index contributed by atoms with van der Waals surface area (Å²) >= 11 is 0. The van der Waals surface area contributed by atoms with Gasteiger partial charge in [-0.15, -0.1) is 0 Å². The Morgan fingerprint density at radius 1 is 1.10 bits per heavy atom. The van der Waals surface area contributed by atoms with Gasteiger partial charge in [0.15, 0.2) is 0 Å². The Balaban J connectivity index is 2.30. The molecule has 2 rings (SSSR count). The standard InChI is InChI=1S/C25H38N4O2/c1-8-10-11-14-28(24(31)9-2)17-23(30)26-22-16-21(25(5,6)7)27-29(22)20-13-12-18(3)15-19(20)4/h12-13,15-16H,8-11,14,17H2,1-7H3,(H,26,30). The van der Waals surface area contributed by atoms with E-state index in [1.807, 2.05) is 32.0 Å². The van der Waals surface area contributed by atoms with Gasteiger partial charge in [0.25, 0.3) is 0 Å². The minimum Gasteiger partial charge on any atom is -0.333 e. The number of anilines is 1. The lowest BCUT2D eigenvalue weighted by atomic mass is 9.92. The number of carbonyl (C=O) groups excluding carboxylic acids is 2. The second-order valence-corrected chi connectivity index (χ2v) is 9.29. The van der Waals surface area contributed by atoms with Crippen molar-refractivity contribution in [3.8, 4) is 5.69 Å². The third-order valence-electron chi connectivity index (χ3n) is 5.35. The predicted octanol–water partition coefficient (Wildman–Crippen LogP) is 5.15. The second kappa shape index (κ2) is 10.6. The van der Waals surface area contributed by atoms with Gasteiger partial charge >= 0.3 is 0 Å². The Morgan fingerprint density at radius 2 is 1.81 bits per heavy atom. The number of carbonyl (C=O) groups is 2. The van der Waals surface area contributed by atoms with Crippen LogP contribution in [0.3, 0.4) is 0 Å². The van der Waals surface area contributed by atoms with E-state index in [9.17, 15) is 9.59 Å². The first-order valence-electron chi connectivity index (χ1n) is 11.3. The largest absolute Gasteiger partial charge is 0.333 e. The van der Waals surface area contributed by atoms with E-state index in [4.69, 9.17) is 5.10 Å². The Kier molecular flexibility index (Phi) is 8.43. The predicted molar refractivity (Wildman–Crippen MR) is 127 cm³/mol. The minimum atomic E-state index is -0.204. The van der Waals surface area contributed by atoms with Crippen LogP contribution in [0.15, 0.2) is 24.3 Å². The van der Waals surface area contributed by atoms with Gasteiger partial charge in [-0.3, -0.25) is 9.59 Å². The zero-order chi connectivity index (χ0) is 23.2. The first-order valence-corrected chi connectivity index (χ1v) is 11.3. The molecule has 0 fully saturated rings. The zero-order valence-corrected chi connectivity index (χ0v) is 20.2. The molecule has 0 unspecified atom stereocenters. The van der Waals surface area contributed by atoms with Crippen LogP contribution in [0.4, 0.5) is 5.82 Å². The summed E-state index contributed by atoms with van der Waals surface area (Å²) in [6.45, 7) is 15.0. The average molecular weight is 427 g/mol. The van der Waals surface area contributed by atoms with Gasteiger partial charge in [0.2, 0.25) is 11.8 Å². The summed E-state index contributed by atoms with van der Waals surface area (Å²) in [5, 5.41) is 7.82. The van der Waals surface area contributed by atoms with Crippen molar-refractivity contribution in [2.45, 2.75) is 79.6 Å². The van der Waals surface area contributed by atoms with Crippen LogP contribution in [0.25, 0.3) is 5.69 Å². The molecule has 0 atom stereocenters. The van der Waals surface area contributed by atoms with Crippen LogP contribution in [0.5, 0.6) is 0 Å². The number of hydrogen-bond acceptors (Lipinski definition) is 3. The molecule has 0 aliphatic heterocycles. The Labute approximate surface area is 187 Å². The molecule has 0 spiro atoms. The van der Waals surface area contributed by atoms with Gasteiger partial charge in [0.1, 0.15) is 5.82 Å². The molecule has 0 aliphatic carbocycles. The molecule has 31 heavy (non-hydrogen) atoms. The fourth-order valence-corrected chi connectivity index (χ4v) is 3.49. The number of aryl methyl sites for hydroxylation is 2. The van der Waals surface area contributed by atoms with E-state index in [0.717, 1.165) is 36.2 Å². The fraction of sp³-hybridized carbons (Fsp3) is 0.560. The highest BCUT2D eigenvalue weighted by atomic mass is 16.2. The van der Waals surface area contributed by atoms with Gasteiger partial charge in [-0.05, 0) is 31.9 Å². The normalized spacial score (nSPS) is 11.5. The van der Waals surface area contributed by atoms with Gasteiger partial charge < -0.3 is 10.2 Å². The molecule has 170 valence electrons. The molecule has 1 aromatic carbocycles. The molecule has 1 heterocycles. The lowest BCUT2D eigenvalue weighted by Crippen LogP contribution is -2.38. The van der Waals surface area contributed by atoms with Crippen LogP contribution >= 0.6 is 0 Å². The fourth-order valence-electron chi connectivity index (χ4n) is 3.49. The highest BCUT2D eigenvalue weighted by Crippen LogP contribution is 2.27. The van der Waals surface area contributed by atoms with Crippen molar-refractivity contribution in [3.05, 3.63) is 41.1 Å². The van der Waals surface area contributed by atoms with Gasteiger partial charge in [-0.1, -0.05) is 65.2 Å². The summed E-state index contributed by atoms with van der Waals surface area (Å²) in [6, 6.07) is 8.11. The second-order valence-electron chi connectivity index (χ2n) is 9.29. The van der Waals surface area contributed by atoms with Crippen LogP contribution in [0, 0.1) is 13.8 Å². The Hall–Kier alpha value is -2.63. The van der Waals surface area contributed by atoms with E-state index in [1.54, 1.807) is 9.58 Å². The van der Waals surface area contributed by atoms with E-state index in [-0.39, 0.29) is 23.8 Å². The maximum absolute atomic E-state index is 12.9. The zero-order valence-electron chi connectivity index (χ0n) is 20.2. The summed E-state index contributed by atoms with van der Waals surface area (Å²) in [7, 11) is 0. The van der Waals surface area contributed by atoms with Crippen LogP contribution in [0.1, 0.15) is 77.1 Å². The number of rotatable bonds is 9. The van der Waals surface area contributed by atoms with Crippen LogP contribution < -0.4 is 5.32 Å². The number of benzene rings is 1. The van der Waals surface area contributed by atoms with Crippen molar-refractivity contribution >= 4 is 17.6 Å². The number of unbranched alkanes of at least 4 members (excludes halogenated alkanes) is 2. The molecule has 6 nitrogen and oxygen atoms in total. The molecule has 0 aliphatic rings. The third kappa shape index (κ3) is 6.68. The number of aromatic nitrogens is 2. The highest BCUT2D eigenvalue weighted by molar-refractivity contribution is 5.94. The number of hydrogen-bond donors (Lipinski definition) is 1. The topological polar surface area (TPSA) is 67.2 Å². The summed E-state index contributed by atoms with van der Waals surface area (Å²) in [4.78, 5) is 26.9. The molecular weight excluding hydrogens is 388 g/mol. The molecule has 6 heteroatoms. The van der Waals surface area contributed by atoms with Gasteiger partial charge in [-0.25, -0.2) is 4.68 Å². The van der Waals surface area contributed by atoms with Gasteiger partial charge in [0, 0.05) is 24.4 Å². The minimum absolute atomic E-state index is 0.00419. The van der Waals surface area contributed by atoms with E-state index in [1.165, 1.54) is 5.56 Å². The molecule has 0 saturated carbocycles. The Bertz CT molecular complexity index is 909. The quantitative estimate of drug-likeness (QED) is 0.564. The molecule has 2 aromatic rings.